The number of aliphatic hydroxyl groups is 1. The first-order valence-corrected chi connectivity index (χ1v) is 5.17. The topological polar surface area (TPSA) is 43.8 Å². The molecule has 1 aliphatic heterocycles. The van der Waals surface area contributed by atoms with E-state index in [1.54, 1.807) is 4.90 Å². The molecule has 1 heterocycles. The molecular weight excluding hydrogens is 180 g/mol. The summed E-state index contributed by atoms with van der Waals surface area (Å²) in [7, 11) is 4.12. The molecule has 1 N–H and O–H groups in total. The molecule has 0 radical (unpaired) electrons. The van der Waals surface area contributed by atoms with Crippen molar-refractivity contribution in [1.82, 2.24) is 9.80 Å². The second-order valence-electron chi connectivity index (χ2n) is 4.75. The summed E-state index contributed by atoms with van der Waals surface area (Å²) in [6, 6.07) is 0. The van der Waals surface area contributed by atoms with Gasteiger partial charge >= 0.3 is 0 Å². The molecule has 0 aromatic heterocycles. The summed E-state index contributed by atoms with van der Waals surface area (Å²) < 4.78 is 0. The Kier molecular flexibility index (Phi) is 2.27. The minimum Gasteiger partial charge on any atom is -0.391 e. The zero-order valence-corrected chi connectivity index (χ0v) is 8.86. The average Bonchev–Trinajstić information content (AvgIpc) is 2.77. The third kappa shape index (κ3) is 1.64. The lowest BCUT2D eigenvalue weighted by Crippen LogP contribution is -2.43. The summed E-state index contributed by atoms with van der Waals surface area (Å²) in [6.07, 6.45) is 2.20. The van der Waals surface area contributed by atoms with E-state index in [0.29, 0.717) is 13.0 Å². The Hall–Kier alpha value is -0.610. The van der Waals surface area contributed by atoms with Crippen LogP contribution in [0.15, 0.2) is 0 Å². The molecule has 1 amide bonds. The maximum Gasteiger partial charge on any atom is 0.225 e. The molecular formula is C10H18N2O2. The number of hydrogen-bond acceptors (Lipinski definition) is 3. The van der Waals surface area contributed by atoms with Crippen molar-refractivity contribution in [2.45, 2.75) is 30.9 Å². The number of aliphatic hydroxyl groups excluding tert-OH is 1. The standard InChI is InChI=1S/C10H18N2O2/c1-11(2)10(3-4-10)7-12-6-8(13)5-9(12)14/h8,13H,3-7H2,1-2H3. The molecule has 1 aliphatic carbocycles. The number of likely N-dealkylation sites (tertiary alicyclic amines) is 1. The minimum absolute atomic E-state index is 0.102. The quantitative estimate of drug-likeness (QED) is 0.675. The molecule has 1 atom stereocenters. The minimum atomic E-state index is -0.444. The highest BCUT2D eigenvalue weighted by Gasteiger charge is 2.47. The van der Waals surface area contributed by atoms with Crippen LogP contribution in [0, 0.1) is 0 Å². The van der Waals surface area contributed by atoms with E-state index >= 15 is 0 Å². The lowest BCUT2D eigenvalue weighted by Gasteiger charge is -2.28. The summed E-state index contributed by atoms with van der Waals surface area (Å²) in [5.41, 5.74) is 0.208. The fourth-order valence-corrected chi connectivity index (χ4v) is 2.15. The molecule has 1 saturated heterocycles. The van der Waals surface area contributed by atoms with Crippen LogP contribution in [-0.4, -0.2) is 59.6 Å². The SMILES string of the molecule is CN(C)C1(CN2CC(O)CC2=O)CC1. The van der Waals surface area contributed by atoms with Gasteiger partial charge in [0.2, 0.25) is 5.91 Å². The first kappa shape index (κ1) is 9.93. The summed E-state index contributed by atoms with van der Waals surface area (Å²) in [6.45, 7) is 1.31. The van der Waals surface area contributed by atoms with Crippen molar-refractivity contribution in [3.63, 3.8) is 0 Å². The molecule has 1 unspecified atom stereocenters. The highest BCUT2D eigenvalue weighted by atomic mass is 16.3. The number of carbonyl (C=O) groups excluding carboxylic acids is 1. The molecule has 1 saturated carbocycles. The average molecular weight is 198 g/mol. The van der Waals surface area contributed by atoms with E-state index in [4.69, 9.17) is 0 Å². The number of nitrogens with zero attached hydrogens (tertiary/aromatic N) is 2. The lowest BCUT2D eigenvalue weighted by atomic mass is 10.2. The molecule has 0 spiro atoms. The van der Waals surface area contributed by atoms with Crippen LogP contribution >= 0.6 is 0 Å². The van der Waals surface area contributed by atoms with Gasteiger partial charge in [0.25, 0.3) is 0 Å². The number of hydrogen-bond donors (Lipinski definition) is 1. The van der Waals surface area contributed by atoms with Crippen molar-refractivity contribution in [1.29, 1.82) is 0 Å². The van der Waals surface area contributed by atoms with Gasteiger partial charge in [0.1, 0.15) is 0 Å². The lowest BCUT2D eigenvalue weighted by molar-refractivity contribution is -0.128. The van der Waals surface area contributed by atoms with Crippen molar-refractivity contribution < 1.29 is 9.90 Å². The van der Waals surface area contributed by atoms with Gasteiger partial charge in [-0.2, -0.15) is 0 Å². The molecule has 0 aromatic rings. The Morgan fingerprint density at radius 1 is 1.57 bits per heavy atom. The van der Waals surface area contributed by atoms with E-state index in [1.165, 1.54) is 12.8 Å². The third-order valence-electron chi connectivity index (χ3n) is 3.46. The molecule has 0 bridgehead atoms. The van der Waals surface area contributed by atoms with Crippen LogP contribution in [0.2, 0.25) is 0 Å². The molecule has 14 heavy (non-hydrogen) atoms. The van der Waals surface area contributed by atoms with E-state index in [-0.39, 0.29) is 11.4 Å². The number of carbonyl (C=O) groups is 1. The van der Waals surface area contributed by atoms with Crippen LogP contribution in [0.1, 0.15) is 19.3 Å². The van der Waals surface area contributed by atoms with Gasteiger partial charge in [-0.25, -0.2) is 0 Å². The van der Waals surface area contributed by atoms with E-state index in [0.717, 1.165) is 6.54 Å². The van der Waals surface area contributed by atoms with Gasteiger partial charge in [-0.3, -0.25) is 4.79 Å². The monoisotopic (exact) mass is 198 g/mol. The highest BCUT2D eigenvalue weighted by Crippen LogP contribution is 2.41. The summed E-state index contributed by atoms with van der Waals surface area (Å²) in [5, 5.41) is 9.35. The Labute approximate surface area is 84.5 Å². The van der Waals surface area contributed by atoms with Crippen LogP contribution in [-0.2, 0) is 4.79 Å². The van der Waals surface area contributed by atoms with Crippen molar-refractivity contribution >= 4 is 5.91 Å². The van der Waals surface area contributed by atoms with Crippen LogP contribution in [0.25, 0.3) is 0 Å². The Balaban J connectivity index is 1.95. The molecule has 0 aromatic carbocycles. The van der Waals surface area contributed by atoms with Crippen LogP contribution < -0.4 is 0 Å². The molecule has 2 fully saturated rings. The van der Waals surface area contributed by atoms with Gasteiger partial charge in [0, 0.05) is 18.6 Å². The van der Waals surface area contributed by atoms with Crippen LogP contribution in [0.5, 0.6) is 0 Å². The molecule has 2 aliphatic rings. The predicted molar refractivity (Wildman–Crippen MR) is 52.9 cm³/mol. The number of amides is 1. The Morgan fingerprint density at radius 3 is 2.57 bits per heavy atom. The molecule has 4 heteroatoms. The van der Waals surface area contributed by atoms with E-state index in [9.17, 15) is 9.90 Å². The van der Waals surface area contributed by atoms with E-state index in [1.807, 2.05) is 0 Å². The maximum atomic E-state index is 11.5. The Bertz CT molecular complexity index is 249. The van der Waals surface area contributed by atoms with Gasteiger partial charge in [-0.1, -0.05) is 0 Å². The fourth-order valence-electron chi connectivity index (χ4n) is 2.15. The Morgan fingerprint density at radius 2 is 2.21 bits per heavy atom. The van der Waals surface area contributed by atoms with E-state index in [2.05, 4.69) is 19.0 Å². The smallest absolute Gasteiger partial charge is 0.225 e. The summed E-state index contributed by atoms with van der Waals surface area (Å²) in [4.78, 5) is 15.5. The molecule has 80 valence electrons. The second-order valence-corrected chi connectivity index (χ2v) is 4.75. The van der Waals surface area contributed by atoms with E-state index < -0.39 is 6.10 Å². The first-order valence-electron chi connectivity index (χ1n) is 5.17. The van der Waals surface area contributed by atoms with Gasteiger partial charge in [0.05, 0.1) is 12.5 Å². The van der Waals surface area contributed by atoms with Gasteiger partial charge in [-0.05, 0) is 26.9 Å². The highest BCUT2D eigenvalue weighted by molar-refractivity contribution is 5.79. The van der Waals surface area contributed by atoms with Crippen molar-refractivity contribution in [2.75, 3.05) is 27.2 Å². The normalized spacial score (nSPS) is 30.1. The van der Waals surface area contributed by atoms with Crippen LogP contribution in [0.3, 0.4) is 0 Å². The zero-order valence-electron chi connectivity index (χ0n) is 8.86. The summed E-state index contributed by atoms with van der Waals surface area (Å²) in [5.74, 6) is 0.102. The van der Waals surface area contributed by atoms with Crippen molar-refractivity contribution in [3.05, 3.63) is 0 Å². The van der Waals surface area contributed by atoms with Gasteiger partial charge in [-0.15, -0.1) is 0 Å². The number of rotatable bonds is 3. The number of likely N-dealkylation sites (N-methyl/N-ethyl adjacent to an activating group) is 1. The fraction of sp³-hybridized carbons (Fsp3) is 0.900. The largest absolute Gasteiger partial charge is 0.391 e. The van der Waals surface area contributed by atoms with Crippen LogP contribution in [0.4, 0.5) is 0 Å². The first-order chi connectivity index (χ1) is 6.53. The third-order valence-corrected chi connectivity index (χ3v) is 3.46. The van der Waals surface area contributed by atoms with Crippen molar-refractivity contribution in [3.8, 4) is 0 Å². The van der Waals surface area contributed by atoms with Crippen molar-refractivity contribution in [2.24, 2.45) is 0 Å². The maximum absolute atomic E-state index is 11.5. The number of β-amino-alcohol motifs (C(OH)–C–C–N with tert-alkyl or cyclic N) is 1. The van der Waals surface area contributed by atoms with Gasteiger partial charge in [0.15, 0.2) is 0 Å². The second kappa shape index (κ2) is 3.21. The zero-order chi connectivity index (χ0) is 10.3. The molecule has 2 rings (SSSR count). The molecule has 4 nitrogen and oxygen atoms in total. The summed E-state index contributed by atoms with van der Waals surface area (Å²) >= 11 is 0. The van der Waals surface area contributed by atoms with Gasteiger partial charge < -0.3 is 14.9 Å². The predicted octanol–water partition coefficient (Wildman–Crippen LogP) is -0.326.